The van der Waals surface area contributed by atoms with Crippen molar-refractivity contribution in [3.63, 3.8) is 0 Å². The highest BCUT2D eigenvalue weighted by atomic mass is 32.2. The maximum absolute atomic E-state index is 10.6. The van der Waals surface area contributed by atoms with Crippen LogP contribution in [0.5, 0.6) is 0 Å². The van der Waals surface area contributed by atoms with E-state index in [1.807, 2.05) is 0 Å². The monoisotopic (exact) mass is 219 g/mol. The van der Waals surface area contributed by atoms with Gasteiger partial charge in [0.1, 0.15) is 5.71 Å². The van der Waals surface area contributed by atoms with Crippen LogP contribution in [0.25, 0.3) is 0 Å². The summed E-state index contributed by atoms with van der Waals surface area (Å²) in [5.74, 6) is -1.56. The molecule has 2 atom stereocenters. The lowest BCUT2D eigenvalue weighted by atomic mass is 10.2. The average Bonchev–Trinajstić information content (AvgIpc) is 2.16. The molecule has 0 aliphatic carbocycles. The molecule has 1 heterocycles. The van der Waals surface area contributed by atoms with Gasteiger partial charge in [-0.05, 0) is 0 Å². The fourth-order valence-electron chi connectivity index (χ4n) is 1.02. The Hall–Kier alpha value is -1.08. The van der Waals surface area contributed by atoms with E-state index in [0.717, 1.165) is 0 Å². The molecule has 14 heavy (non-hydrogen) atoms. The molecule has 5 N–H and O–H groups in total. The summed E-state index contributed by atoms with van der Waals surface area (Å²) >= 11 is 1.33. The van der Waals surface area contributed by atoms with E-state index in [1.165, 1.54) is 11.8 Å². The lowest BCUT2D eigenvalue weighted by molar-refractivity contribution is -0.406. The third-order valence-corrected chi connectivity index (χ3v) is 3.03. The van der Waals surface area contributed by atoms with E-state index in [4.69, 9.17) is 10.2 Å². The minimum absolute atomic E-state index is 0.0450. The van der Waals surface area contributed by atoms with Gasteiger partial charge in [-0.2, -0.15) is 0 Å². The molecule has 0 aromatic rings. The standard InChI is InChI=1S/C7H10N2O4S/c8-4(7(12)13)5-9-3(6(10)11)1-2-14-5/h4-5H,1-2,8H2,(H,10,11)(H,12,13)/p+1/t4-,5+/m0/s1. The van der Waals surface area contributed by atoms with Gasteiger partial charge in [-0.15, -0.1) is 11.8 Å². The number of carbonyl (C=O) groups is 2. The van der Waals surface area contributed by atoms with Gasteiger partial charge in [0, 0.05) is 12.2 Å². The van der Waals surface area contributed by atoms with Crippen molar-refractivity contribution in [3.05, 3.63) is 0 Å². The van der Waals surface area contributed by atoms with Crippen molar-refractivity contribution in [2.24, 2.45) is 4.99 Å². The number of carboxylic acid groups (broad SMARTS) is 2. The summed E-state index contributed by atoms with van der Waals surface area (Å²) < 4.78 is 0. The molecular formula is C7H11N2O4S+. The molecule has 0 saturated heterocycles. The van der Waals surface area contributed by atoms with Crippen LogP contribution in [0, 0.1) is 0 Å². The molecule has 0 radical (unpaired) electrons. The van der Waals surface area contributed by atoms with Gasteiger partial charge in [0.25, 0.3) is 0 Å². The van der Waals surface area contributed by atoms with E-state index in [9.17, 15) is 9.59 Å². The first-order valence-electron chi connectivity index (χ1n) is 4.00. The highest BCUT2D eigenvalue weighted by Crippen LogP contribution is 2.21. The van der Waals surface area contributed by atoms with Crippen LogP contribution in [-0.2, 0) is 9.59 Å². The highest BCUT2D eigenvalue weighted by Gasteiger charge is 2.31. The molecule has 0 unspecified atom stereocenters. The predicted molar refractivity (Wildman–Crippen MR) is 50.2 cm³/mol. The molecule has 0 aromatic carbocycles. The van der Waals surface area contributed by atoms with Crippen molar-refractivity contribution in [2.45, 2.75) is 17.8 Å². The van der Waals surface area contributed by atoms with Crippen molar-refractivity contribution in [1.82, 2.24) is 0 Å². The normalized spacial score (nSPS) is 23.8. The Morgan fingerprint density at radius 2 is 2.21 bits per heavy atom. The lowest BCUT2D eigenvalue weighted by Crippen LogP contribution is -2.69. The molecular weight excluding hydrogens is 208 g/mol. The molecule has 1 aliphatic heterocycles. The van der Waals surface area contributed by atoms with E-state index in [-0.39, 0.29) is 5.71 Å². The Morgan fingerprint density at radius 3 is 2.71 bits per heavy atom. The largest absolute Gasteiger partial charge is 0.477 e. The maximum Gasteiger partial charge on any atom is 0.365 e. The summed E-state index contributed by atoms with van der Waals surface area (Å²) in [5, 5.41) is 16.8. The van der Waals surface area contributed by atoms with Crippen molar-refractivity contribution >= 4 is 29.4 Å². The maximum atomic E-state index is 10.6. The first-order chi connectivity index (χ1) is 6.52. The zero-order valence-electron chi connectivity index (χ0n) is 7.34. The van der Waals surface area contributed by atoms with Crippen molar-refractivity contribution < 1.29 is 25.5 Å². The summed E-state index contributed by atoms with van der Waals surface area (Å²) in [6.45, 7) is 0. The second kappa shape index (κ2) is 4.43. The van der Waals surface area contributed by atoms with Gasteiger partial charge >= 0.3 is 11.9 Å². The highest BCUT2D eigenvalue weighted by molar-refractivity contribution is 8.00. The number of nitrogens with zero attached hydrogens (tertiary/aromatic N) is 1. The van der Waals surface area contributed by atoms with Crippen molar-refractivity contribution in [1.29, 1.82) is 0 Å². The molecule has 0 bridgehead atoms. The summed E-state index contributed by atoms with van der Waals surface area (Å²) in [6, 6.07) is -0.894. The minimum Gasteiger partial charge on any atom is -0.477 e. The van der Waals surface area contributed by atoms with Gasteiger partial charge < -0.3 is 15.9 Å². The molecule has 0 saturated carbocycles. The molecule has 0 amide bonds. The number of hydrogen-bond acceptors (Lipinski definition) is 4. The van der Waals surface area contributed by atoms with Gasteiger partial charge in [-0.3, -0.25) is 4.99 Å². The first kappa shape index (κ1) is 11.0. The van der Waals surface area contributed by atoms with E-state index >= 15 is 0 Å². The topological polar surface area (TPSA) is 115 Å². The fraction of sp³-hybridized carbons (Fsp3) is 0.571. The molecule has 6 nitrogen and oxygen atoms in total. The molecule has 0 spiro atoms. The number of quaternary nitrogens is 1. The Labute approximate surface area is 84.2 Å². The van der Waals surface area contributed by atoms with Crippen molar-refractivity contribution in [3.8, 4) is 0 Å². The van der Waals surface area contributed by atoms with Gasteiger partial charge in [-0.25, -0.2) is 9.59 Å². The number of rotatable bonds is 3. The van der Waals surface area contributed by atoms with Crippen LogP contribution in [0.15, 0.2) is 4.99 Å². The van der Waals surface area contributed by atoms with Crippen molar-refractivity contribution in [2.75, 3.05) is 5.75 Å². The average molecular weight is 219 g/mol. The second-order valence-corrected chi connectivity index (χ2v) is 4.06. The Morgan fingerprint density at radius 1 is 1.57 bits per heavy atom. The van der Waals surface area contributed by atoms with Gasteiger partial charge in [0.2, 0.25) is 6.04 Å². The summed E-state index contributed by atoms with van der Waals surface area (Å²) in [5.41, 5.74) is 3.48. The summed E-state index contributed by atoms with van der Waals surface area (Å²) in [6.07, 6.45) is 0.378. The number of carboxylic acids is 2. The minimum atomic E-state index is -1.08. The quantitative estimate of drug-likeness (QED) is 0.544. The van der Waals surface area contributed by atoms with E-state index < -0.39 is 23.4 Å². The molecule has 1 aliphatic rings. The zero-order valence-corrected chi connectivity index (χ0v) is 8.16. The molecule has 78 valence electrons. The number of thioether (sulfide) groups is 1. The summed E-state index contributed by atoms with van der Waals surface area (Å²) in [7, 11) is 0. The van der Waals surface area contributed by atoms with Crippen LogP contribution < -0.4 is 5.73 Å². The Kier molecular flexibility index (Phi) is 3.48. The van der Waals surface area contributed by atoms with Crippen LogP contribution >= 0.6 is 11.8 Å². The van der Waals surface area contributed by atoms with E-state index in [2.05, 4.69) is 10.7 Å². The van der Waals surface area contributed by atoms with Crippen LogP contribution in [0.4, 0.5) is 0 Å². The number of aliphatic imine (C=N–C) groups is 1. The third-order valence-electron chi connectivity index (χ3n) is 1.82. The third kappa shape index (κ3) is 2.46. The first-order valence-corrected chi connectivity index (χ1v) is 5.04. The van der Waals surface area contributed by atoms with Crippen LogP contribution in [-0.4, -0.2) is 45.0 Å². The van der Waals surface area contributed by atoms with Gasteiger partial charge in [0.05, 0.1) is 0 Å². The summed E-state index contributed by atoms with van der Waals surface area (Å²) in [4.78, 5) is 25.0. The zero-order chi connectivity index (χ0) is 10.7. The van der Waals surface area contributed by atoms with E-state index in [1.54, 1.807) is 0 Å². The number of aliphatic carboxylic acids is 2. The SMILES string of the molecule is [NH3+][C@H](C(=O)O)[C@@H]1N=C(C(=O)O)CCS1. The van der Waals surface area contributed by atoms with Gasteiger partial charge in [-0.1, -0.05) is 0 Å². The Balaban J connectivity index is 2.76. The predicted octanol–water partition coefficient (Wildman–Crippen LogP) is -1.33. The van der Waals surface area contributed by atoms with E-state index in [0.29, 0.717) is 12.2 Å². The Bertz CT molecular complexity index is 291. The fourth-order valence-corrected chi connectivity index (χ4v) is 2.13. The lowest BCUT2D eigenvalue weighted by Gasteiger charge is -2.18. The second-order valence-electron chi connectivity index (χ2n) is 2.84. The van der Waals surface area contributed by atoms with Gasteiger partial charge in [0.15, 0.2) is 5.37 Å². The van der Waals surface area contributed by atoms with Crippen LogP contribution in [0.2, 0.25) is 0 Å². The van der Waals surface area contributed by atoms with Crippen LogP contribution in [0.3, 0.4) is 0 Å². The van der Waals surface area contributed by atoms with Crippen LogP contribution in [0.1, 0.15) is 6.42 Å². The molecule has 7 heteroatoms. The smallest absolute Gasteiger partial charge is 0.365 e. The molecule has 1 rings (SSSR count). The number of hydrogen-bond donors (Lipinski definition) is 3. The molecule has 0 aromatic heterocycles. The molecule has 0 fully saturated rings.